The van der Waals surface area contributed by atoms with E-state index in [0.29, 0.717) is 12.5 Å². The van der Waals surface area contributed by atoms with Crippen LogP contribution >= 0.6 is 0 Å². The van der Waals surface area contributed by atoms with Crippen LogP contribution in [0.25, 0.3) is 0 Å². The van der Waals surface area contributed by atoms with Gasteiger partial charge in [-0.3, -0.25) is 4.90 Å². The molecular weight excluding hydrogens is 270 g/mol. The van der Waals surface area contributed by atoms with Crippen molar-refractivity contribution in [2.24, 2.45) is 11.8 Å². The Labute approximate surface area is 127 Å². The second-order valence-electron chi connectivity index (χ2n) is 6.92. The molecule has 2 atom stereocenters. The molecule has 0 bridgehead atoms. The van der Waals surface area contributed by atoms with Crippen LogP contribution in [0.15, 0.2) is 0 Å². The van der Waals surface area contributed by atoms with Gasteiger partial charge in [0.2, 0.25) is 0 Å². The largest absolute Gasteiger partial charge is 0.480 e. The van der Waals surface area contributed by atoms with Crippen LogP contribution in [0.1, 0.15) is 60.3 Å². The molecule has 1 N–H and O–H groups in total. The maximum Gasteiger partial charge on any atom is 0.411 e. The molecule has 0 aromatic heterocycles. The van der Waals surface area contributed by atoms with Crippen LogP contribution in [0, 0.1) is 11.8 Å². The topological polar surface area (TPSA) is 66.8 Å². The number of hydrogen-bond acceptors (Lipinski definition) is 3. The van der Waals surface area contributed by atoms with Gasteiger partial charge in [-0.2, -0.15) is 0 Å². The van der Waals surface area contributed by atoms with Crippen molar-refractivity contribution in [2.45, 2.75) is 71.9 Å². The van der Waals surface area contributed by atoms with Gasteiger partial charge in [-0.15, -0.1) is 0 Å². The number of carbonyl (C=O) groups is 2. The molecule has 0 aliphatic carbocycles. The van der Waals surface area contributed by atoms with E-state index in [2.05, 4.69) is 13.8 Å². The maximum atomic E-state index is 12.2. The lowest BCUT2D eigenvalue weighted by molar-refractivity contribution is -0.143. The minimum Gasteiger partial charge on any atom is -0.480 e. The highest BCUT2D eigenvalue weighted by atomic mass is 16.6. The average molecular weight is 299 g/mol. The van der Waals surface area contributed by atoms with Gasteiger partial charge in [0.15, 0.2) is 0 Å². The molecule has 5 heteroatoms. The highest BCUT2D eigenvalue weighted by Crippen LogP contribution is 2.33. The smallest absolute Gasteiger partial charge is 0.411 e. The fourth-order valence-electron chi connectivity index (χ4n) is 3.01. The Hall–Kier alpha value is -1.26. The first kappa shape index (κ1) is 17.8. The highest BCUT2D eigenvalue weighted by molar-refractivity contribution is 5.81. The summed E-state index contributed by atoms with van der Waals surface area (Å²) in [6.45, 7) is 10.1. The minimum absolute atomic E-state index is 0.0277. The first-order chi connectivity index (χ1) is 9.69. The molecule has 1 aliphatic rings. The molecule has 0 aromatic rings. The normalized spacial score (nSPS) is 22.7. The number of carboxylic acids is 1. The van der Waals surface area contributed by atoms with Crippen molar-refractivity contribution in [1.29, 1.82) is 0 Å². The Bertz CT molecular complexity index is 371. The summed E-state index contributed by atoms with van der Waals surface area (Å²) in [5.74, 6) is -0.371. The molecule has 1 heterocycles. The second kappa shape index (κ2) is 7.14. The van der Waals surface area contributed by atoms with Gasteiger partial charge in [0.1, 0.15) is 11.6 Å². The number of carboxylic acid groups (broad SMARTS) is 1. The third-order valence-electron chi connectivity index (χ3n) is 4.19. The monoisotopic (exact) mass is 299 g/mol. The lowest BCUT2D eigenvalue weighted by Crippen LogP contribution is -2.45. The van der Waals surface area contributed by atoms with Crippen molar-refractivity contribution in [3.63, 3.8) is 0 Å². The Morgan fingerprint density at radius 1 is 1.29 bits per heavy atom. The minimum atomic E-state index is -0.922. The van der Waals surface area contributed by atoms with E-state index in [1.807, 2.05) is 0 Å². The summed E-state index contributed by atoms with van der Waals surface area (Å²) in [5, 5.41) is 9.51. The Balaban J connectivity index is 2.79. The molecular formula is C16H29NO4. The van der Waals surface area contributed by atoms with Crippen molar-refractivity contribution >= 4 is 12.1 Å². The zero-order valence-corrected chi connectivity index (χ0v) is 13.9. The van der Waals surface area contributed by atoms with Gasteiger partial charge < -0.3 is 9.84 Å². The number of ether oxygens (including phenoxy) is 1. The van der Waals surface area contributed by atoms with E-state index in [0.717, 1.165) is 25.7 Å². The fourth-order valence-corrected chi connectivity index (χ4v) is 3.01. The predicted molar refractivity (Wildman–Crippen MR) is 81.2 cm³/mol. The molecule has 0 radical (unpaired) electrons. The number of carbonyl (C=O) groups excluding carboxylic acids is 1. The molecule has 0 saturated carbocycles. The number of amides is 1. The van der Waals surface area contributed by atoms with Crippen molar-refractivity contribution in [1.82, 2.24) is 4.90 Å². The van der Waals surface area contributed by atoms with Crippen LogP contribution in [0.3, 0.4) is 0 Å². The number of likely N-dealkylation sites (tertiary alicyclic amines) is 1. The van der Waals surface area contributed by atoms with E-state index < -0.39 is 23.7 Å². The molecule has 21 heavy (non-hydrogen) atoms. The first-order valence-corrected chi connectivity index (χ1v) is 7.92. The van der Waals surface area contributed by atoms with Crippen LogP contribution in [0.5, 0.6) is 0 Å². The van der Waals surface area contributed by atoms with Crippen LogP contribution in [-0.2, 0) is 9.53 Å². The number of nitrogens with zero attached hydrogens (tertiary/aromatic N) is 1. The Morgan fingerprint density at radius 2 is 1.86 bits per heavy atom. The molecule has 1 aliphatic heterocycles. The van der Waals surface area contributed by atoms with Gasteiger partial charge in [-0.25, -0.2) is 9.59 Å². The third-order valence-corrected chi connectivity index (χ3v) is 4.19. The molecule has 0 aromatic carbocycles. The van der Waals surface area contributed by atoms with Gasteiger partial charge in [0.25, 0.3) is 0 Å². The van der Waals surface area contributed by atoms with Gasteiger partial charge in [0, 0.05) is 6.54 Å². The maximum absolute atomic E-state index is 12.2. The summed E-state index contributed by atoms with van der Waals surface area (Å²) in [6.07, 6.45) is 3.19. The highest BCUT2D eigenvalue weighted by Gasteiger charge is 2.43. The van der Waals surface area contributed by atoms with Crippen LogP contribution in [-0.4, -0.2) is 40.3 Å². The molecule has 1 amide bonds. The molecule has 1 fully saturated rings. The summed E-state index contributed by atoms with van der Waals surface area (Å²) in [5.41, 5.74) is -0.604. The molecule has 0 unspecified atom stereocenters. The SMILES string of the molecule is CCC(CC)C[C@@H]1CCN(C(=O)OC(C)(C)C)[C@@H]1C(=O)O. The zero-order valence-electron chi connectivity index (χ0n) is 13.9. The number of aliphatic carboxylic acids is 1. The quantitative estimate of drug-likeness (QED) is 0.843. The Kier molecular flexibility index (Phi) is 6.05. The van der Waals surface area contributed by atoms with E-state index in [9.17, 15) is 14.7 Å². The van der Waals surface area contributed by atoms with Gasteiger partial charge in [-0.1, -0.05) is 26.7 Å². The molecule has 0 spiro atoms. The van der Waals surface area contributed by atoms with Crippen molar-refractivity contribution in [3.8, 4) is 0 Å². The van der Waals surface area contributed by atoms with Crippen LogP contribution in [0.2, 0.25) is 0 Å². The van der Waals surface area contributed by atoms with Gasteiger partial charge in [0.05, 0.1) is 0 Å². The summed E-state index contributed by atoms with van der Waals surface area (Å²) in [7, 11) is 0. The lowest BCUT2D eigenvalue weighted by atomic mass is 9.86. The fraction of sp³-hybridized carbons (Fsp3) is 0.875. The molecule has 1 saturated heterocycles. The van der Waals surface area contributed by atoms with E-state index in [-0.39, 0.29) is 5.92 Å². The standard InChI is InChI=1S/C16H29NO4/c1-6-11(7-2)10-12-8-9-17(13(12)14(18)19)15(20)21-16(3,4)5/h11-13H,6-10H2,1-5H3,(H,18,19)/t12-,13-/m0/s1. The predicted octanol–water partition coefficient (Wildman–Crippen LogP) is 3.52. The first-order valence-electron chi connectivity index (χ1n) is 7.92. The average Bonchev–Trinajstić information content (AvgIpc) is 2.77. The molecule has 1 rings (SSSR count). The summed E-state index contributed by atoms with van der Waals surface area (Å²) in [4.78, 5) is 25.2. The second-order valence-corrected chi connectivity index (χ2v) is 6.92. The lowest BCUT2D eigenvalue weighted by Gasteiger charge is -2.29. The van der Waals surface area contributed by atoms with Crippen LogP contribution in [0.4, 0.5) is 4.79 Å². The summed E-state index contributed by atoms with van der Waals surface area (Å²) in [6, 6.07) is -0.750. The number of rotatable bonds is 5. The third kappa shape index (κ3) is 4.90. The van der Waals surface area contributed by atoms with Crippen molar-refractivity contribution in [2.75, 3.05) is 6.54 Å². The Morgan fingerprint density at radius 3 is 2.29 bits per heavy atom. The van der Waals surface area contributed by atoms with E-state index in [4.69, 9.17) is 4.74 Å². The van der Waals surface area contributed by atoms with Crippen molar-refractivity contribution in [3.05, 3.63) is 0 Å². The summed E-state index contributed by atoms with van der Waals surface area (Å²) >= 11 is 0. The van der Waals surface area contributed by atoms with Gasteiger partial charge >= 0.3 is 12.1 Å². The number of hydrogen-bond donors (Lipinski definition) is 1. The van der Waals surface area contributed by atoms with E-state index in [1.165, 1.54) is 4.90 Å². The van der Waals surface area contributed by atoms with E-state index >= 15 is 0 Å². The van der Waals surface area contributed by atoms with Crippen molar-refractivity contribution < 1.29 is 19.4 Å². The zero-order chi connectivity index (χ0) is 16.2. The van der Waals surface area contributed by atoms with Crippen LogP contribution < -0.4 is 0 Å². The molecule has 122 valence electrons. The molecule has 5 nitrogen and oxygen atoms in total. The van der Waals surface area contributed by atoms with E-state index in [1.54, 1.807) is 20.8 Å². The van der Waals surface area contributed by atoms with Gasteiger partial charge in [-0.05, 0) is 45.4 Å². The summed E-state index contributed by atoms with van der Waals surface area (Å²) < 4.78 is 5.33.